The summed E-state index contributed by atoms with van der Waals surface area (Å²) in [5, 5.41) is 3.11. The fourth-order valence-corrected chi connectivity index (χ4v) is 3.64. The van der Waals surface area contributed by atoms with Crippen molar-refractivity contribution >= 4 is 39.1 Å². The van der Waals surface area contributed by atoms with E-state index in [1.807, 2.05) is 13.8 Å². The Kier molecular flexibility index (Phi) is 5.74. The Bertz CT molecular complexity index is 1100. The summed E-state index contributed by atoms with van der Waals surface area (Å²) in [7, 11) is 1.49. The Hall–Kier alpha value is -3.20. The van der Waals surface area contributed by atoms with E-state index in [1.165, 1.54) is 29.3 Å². The average Bonchev–Trinajstić information content (AvgIpc) is 2.97. The van der Waals surface area contributed by atoms with Crippen LogP contribution in [-0.2, 0) is 20.9 Å². The molecule has 146 valence electrons. The number of ether oxygens (including phenoxy) is 2. The molecule has 3 rings (SSSR count). The second-order valence-corrected chi connectivity index (χ2v) is 7.25. The zero-order valence-corrected chi connectivity index (χ0v) is 16.5. The molecule has 1 amide bonds. The number of methoxy groups -OCH3 is 1. The SMILES string of the molecule is COc1ccccc1NC(=O)COC(=O)Cn1cnc2sc(C)c(C)c2c1=O. The maximum atomic E-state index is 12.6. The number of aromatic nitrogens is 2. The van der Waals surface area contributed by atoms with E-state index in [0.29, 0.717) is 21.7 Å². The highest BCUT2D eigenvalue weighted by atomic mass is 32.1. The highest BCUT2D eigenvalue weighted by Crippen LogP contribution is 2.25. The minimum absolute atomic E-state index is 0.303. The molecule has 0 bridgehead atoms. The first kappa shape index (κ1) is 19.6. The topological polar surface area (TPSA) is 99.5 Å². The average molecular weight is 401 g/mol. The molecule has 0 aliphatic rings. The number of anilines is 1. The molecular weight excluding hydrogens is 382 g/mol. The van der Waals surface area contributed by atoms with Gasteiger partial charge >= 0.3 is 5.97 Å². The van der Waals surface area contributed by atoms with Crippen LogP contribution in [0, 0.1) is 13.8 Å². The number of para-hydroxylation sites is 2. The molecule has 3 aromatic rings. The standard InChI is InChI=1S/C19H19N3O5S/c1-11-12(2)28-18-17(11)19(25)22(10-20-18)8-16(24)27-9-15(23)21-13-6-4-5-7-14(13)26-3/h4-7,10H,8-9H2,1-3H3,(H,21,23). The lowest BCUT2D eigenvalue weighted by molar-refractivity contribution is -0.147. The summed E-state index contributed by atoms with van der Waals surface area (Å²) >= 11 is 1.43. The normalized spacial score (nSPS) is 10.7. The first-order valence-electron chi connectivity index (χ1n) is 8.44. The van der Waals surface area contributed by atoms with Gasteiger partial charge in [-0.1, -0.05) is 12.1 Å². The van der Waals surface area contributed by atoms with Gasteiger partial charge in [0.15, 0.2) is 6.61 Å². The predicted molar refractivity (Wildman–Crippen MR) is 106 cm³/mol. The molecule has 0 aliphatic heterocycles. The minimum atomic E-state index is -0.706. The molecule has 0 fully saturated rings. The van der Waals surface area contributed by atoms with Crippen molar-refractivity contribution < 1.29 is 19.1 Å². The maximum absolute atomic E-state index is 12.6. The van der Waals surface area contributed by atoms with E-state index in [-0.39, 0.29) is 12.1 Å². The molecule has 2 aromatic heterocycles. The van der Waals surface area contributed by atoms with Gasteiger partial charge in [0.2, 0.25) is 0 Å². The lowest BCUT2D eigenvalue weighted by atomic mass is 10.2. The summed E-state index contributed by atoms with van der Waals surface area (Å²) in [6.45, 7) is 2.97. The van der Waals surface area contributed by atoms with Crippen LogP contribution in [-0.4, -0.2) is 35.1 Å². The Morgan fingerprint density at radius 2 is 2.00 bits per heavy atom. The summed E-state index contributed by atoms with van der Waals surface area (Å²) in [5.41, 5.74) is 1.03. The first-order valence-corrected chi connectivity index (χ1v) is 9.26. The Morgan fingerprint density at radius 1 is 1.25 bits per heavy atom. The number of rotatable bonds is 6. The molecule has 2 heterocycles. The molecule has 0 spiro atoms. The van der Waals surface area contributed by atoms with E-state index in [0.717, 1.165) is 10.4 Å². The molecule has 0 saturated carbocycles. The van der Waals surface area contributed by atoms with Crippen molar-refractivity contribution in [1.29, 1.82) is 0 Å². The fraction of sp³-hybridized carbons (Fsp3) is 0.263. The van der Waals surface area contributed by atoms with Crippen LogP contribution in [0.4, 0.5) is 5.69 Å². The van der Waals surface area contributed by atoms with Gasteiger partial charge in [0.05, 0.1) is 24.5 Å². The van der Waals surface area contributed by atoms with Gasteiger partial charge < -0.3 is 14.8 Å². The third-order valence-corrected chi connectivity index (χ3v) is 5.32. The molecule has 0 saturated heterocycles. The number of hydrogen-bond acceptors (Lipinski definition) is 7. The number of carbonyl (C=O) groups is 2. The number of carbonyl (C=O) groups excluding carboxylic acids is 2. The van der Waals surface area contributed by atoms with Crippen molar-refractivity contribution in [3.63, 3.8) is 0 Å². The monoisotopic (exact) mass is 401 g/mol. The minimum Gasteiger partial charge on any atom is -0.495 e. The van der Waals surface area contributed by atoms with Crippen LogP contribution in [0.25, 0.3) is 10.2 Å². The summed E-state index contributed by atoms with van der Waals surface area (Å²) in [5.74, 6) is -0.722. The van der Waals surface area contributed by atoms with Crippen LogP contribution in [0.15, 0.2) is 35.4 Å². The van der Waals surface area contributed by atoms with Gasteiger partial charge in [-0.3, -0.25) is 19.0 Å². The Balaban J connectivity index is 1.62. The lowest BCUT2D eigenvalue weighted by Gasteiger charge is -2.10. The zero-order chi connectivity index (χ0) is 20.3. The first-order chi connectivity index (χ1) is 13.4. The van der Waals surface area contributed by atoms with Gasteiger partial charge in [0.25, 0.3) is 11.5 Å². The maximum Gasteiger partial charge on any atom is 0.326 e. The summed E-state index contributed by atoms with van der Waals surface area (Å²) in [4.78, 5) is 42.5. The summed E-state index contributed by atoms with van der Waals surface area (Å²) in [6, 6.07) is 6.89. The highest BCUT2D eigenvalue weighted by Gasteiger charge is 2.15. The van der Waals surface area contributed by atoms with E-state index < -0.39 is 18.5 Å². The summed E-state index contributed by atoms with van der Waals surface area (Å²) in [6.07, 6.45) is 1.32. The van der Waals surface area contributed by atoms with Gasteiger partial charge in [-0.15, -0.1) is 11.3 Å². The third-order valence-electron chi connectivity index (χ3n) is 4.20. The van der Waals surface area contributed by atoms with Gasteiger partial charge in [-0.25, -0.2) is 4.98 Å². The second kappa shape index (κ2) is 8.22. The number of thiophene rings is 1. The van der Waals surface area contributed by atoms with E-state index in [2.05, 4.69) is 10.3 Å². The van der Waals surface area contributed by atoms with Crippen molar-refractivity contribution in [2.24, 2.45) is 0 Å². The molecule has 1 N–H and O–H groups in total. The van der Waals surface area contributed by atoms with Crippen molar-refractivity contribution in [3.8, 4) is 5.75 Å². The molecule has 8 nitrogen and oxygen atoms in total. The van der Waals surface area contributed by atoms with Crippen molar-refractivity contribution in [3.05, 3.63) is 51.4 Å². The molecule has 1 aromatic carbocycles. The largest absolute Gasteiger partial charge is 0.495 e. The summed E-state index contributed by atoms with van der Waals surface area (Å²) < 4.78 is 11.3. The van der Waals surface area contributed by atoms with Crippen LogP contribution in [0.2, 0.25) is 0 Å². The van der Waals surface area contributed by atoms with Crippen LogP contribution >= 0.6 is 11.3 Å². The van der Waals surface area contributed by atoms with Gasteiger partial charge in [0.1, 0.15) is 17.1 Å². The van der Waals surface area contributed by atoms with E-state index in [9.17, 15) is 14.4 Å². The molecular formula is C19H19N3O5S. The number of esters is 1. The predicted octanol–water partition coefficient (Wildman–Crippen LogP) is 2.27. The smallest absolute Gasteiger partial charge is 0.326 e. The molecule has 9 heteroatoms. The van der Waals surface area contributed by atoms with Crippen LogP contribution in [0.3, 0.4) is 0 Å². The number of amides is 1. The number of nitrogens with zero attached hydrogens (tertiary/aromatic N) is 2. The van der Waals surface area contributed by atoms with Crippen molar-refractivity contribution in [2.45, 2.75) is 20.4 Å². The zero-order valence-electron chi connectivity index (χ0n) is 15.6. The molecule has 0 radical (unpaired) electrons. The number of hydrogen-bond donors (Lipinski definition) is 1. The Labute approximate surface area is 164 Å². The van der Waals surface area contributed by atoms with E-state index >= 15 is 0 Å². The lowest BCUT2D eigenvalue weighted by Crippen LogP contribution is -2.28. The Morgan fingerprint density at radius 3 is 2.75 bits per heavy atom. The number of aryl methyl sites for hydroxylation is 2. The second-order valence-electron chi connectivity index (χ2n) is 6.05. The van der Waals surface area contributed by atoms with Crippen molar-refractivity contribution in [2.75, 3.05) is 19.0 Å². The molecule has 28 heavy (non-hydrogen) atoms. The van der Waals surface area contributed by atoms with E-state index in [4.69, 9.17) is 9.47 Å². The van der Waals surface area contributed by atoms with E-state index in [1.54, 1.807) is 24.3 Å². The number of fused-ring (bicyclic) bond motifs is 1. The quantitative estimate of drug-likeness (QED) is 0.636. The van der Waals surface area contributed by atoms with Gasteiger partial charge in [-0.05, 0) is 31.5 Å². The van der Waals surface area contributed by atoms with Crippen LogP contribution in [0.5, 0.6) is 5.75 Å². The van der Waals surface area contributed by atoms with Crippen molar-refractivity contribution in [1.82, 2.24) is 9.55 Å². The van der Waals surface area contributed by atoms with Gasteiger partial charge in [0, 0.05) is 4.88 Å². The van der Waals surface area contributed by atoms with Gasteiger partial charge in [-0.2, -0.15) is 0 Å². The molecule has 0 aliphatic carbocycles. The number of nitrogens with one attached hydrogen (secondary N) is 1. The molecule has 0 atom stereocenters. The fourth-order valence-electron chi connectivity index (χ4n) is 2.65. The number of benzene rings is 1. The highest BCUT2D eigenvalue weighted by molar-refractivity contribution is 7.18. The third kappa shape index (κ3) is 4.04. The molecule has 0 unspecified atom stereocenters. The van der Waals surface area contributed by atoms with Crippen LogP contribution < -0.4 is 15.6 Å². The van der Waals surface area contributed by atoms with Crippen LogP contribution in [0.1, 0.15) is 10.4 Å².